The number of carbonyl (C=O) groups excluding carboxylic acids is 2. The smallest absolute Gasteiger partial charge is 0.293 e. The van der Waals surface area contributed by atoms with Crippen LogP contribution in [0.3, 0.4) is 0 Å². The molecule has 0 saturated heterocycles. The molecular formula is C23H22Cl2N4O2. The van der Waals surface area contributed by atoms with Crippen LogP contribution in [0.1, 0.15) is 27.3 Å². The fraction of sp³-hybridized carbons (Fsp3) is 0.217. The van der Waals surface area contributed by atoms with Crippen molar-refractivity contribution in [3.05, 3.63) is 75.2 Å². The van der Waals surface area contributed by atoms with Gasteiger partial charge in [0.2, 0.25) is 11.7 Å². The monoisotopic (exact) mass is 456 g/mol. The van der Waals surface area contributed by atoms with E-state index in [0.717, 1.165) is 16.7 Å². The second-order valence-corrected chi connectivity index (χ2v) is 8.26. The lowest BCUT2D eigenvalue weighted by Crippen LogP contribution is -2.23. The number of hydrogen-bond acceptors (Lipinski definition) is 4. The number of benzene rings is 2. The molecule has 0 aliphatic heterocycles. The van der Waals surface area contributed by atoms with Gasteiger partial charge in [-0.2, -0.15) is 0 Å². The summed E-state index contributed by atoms with van der Waals surface area (Å²) in [5, 5.41) is 3.88. The summed E-state index contributed by atoms with van der Waals surface area (Å²) in [7, 11) is 3.45. The molecule has 0 unspecified atom stereocenters. The average Bonchev–Trinajstić information content (AvgIpc) is 2.72. The molecule has 8 heteroatoms. The van der Waals surface area contributed by atoms with Gasteiger partial charge in [0.1, 0.15) is 0 Å². The molecule has 1 heterocycles. The number of aryl methyl sites for hydroxylation is 2. The van der Waals surface area contributed by atoms with Crippen LogP contribution in [0.4, 0.5) is 5.69 Å². The first-order valence-corrected chi connectivity index (χ1v) is 10.3. The molecule has 0 spiro atoms. The highest BCUT2D eigenvalue weighted by Gasteiger charge is 2.16. The van der Waals surface area contributed by atoms with E-state index in [1.807, 2.05) is 26.0 Å². The van der Waals surface area contributed by atoms with E-state index in [-0.39, 0.29) is 11.7 Å². The number of anilines is 1. The quantitative estimate of drug-likeness (QED) is 0.588. The molecule has 0 fully saturated rings. The number of nitrogens with zero attached hydrogens (tertiary/aromatic N) is 3. The third-order valence-corrected chi connectivity index (χ3v) is 5.31. The summed E-state index contributed by atoms with van der Waals surface area (Å²) >= 11 is 12.3. The first-order chi connectivity index (χ1) is 14.7. The highest BCUT2D eigenvalue weighted by Crippen LogP contribution is 2.29. The van der Waals surface area contributed by atoms with Crippen LogP contribution in [-0.4, -0.2) is 40.8 Å². The van der Waals surface area contributed by atoms with Crippen molar-refractivity contribution in [3.8, 4) is 11.3 Å². The van der Waals surface area contributed by atoms with Crippen LogP contribution in [0.15, 0.2) is 42.6 Å². The van der Waals surface area contributed by atoms with Gasteiger partial charge in [-0.1, -0.05) is 35.3 Å². The summed E-state index contributed by atoms with van der Waals surface area (Å²) in [6.45, 7) is 3.77. The molecule has 0 radical (unpaired) electrons. The lowest BCUT2D eigenvalue weighted by molar-refractivity contribution is -0.127. The van der Waals surface area contributed by atoms with Crippen molar-refractivity contribution in [2.24, 2.45) is 0 Å². The lowest BCUT2D eigenvalue weighted by atomic mass is 10.0. The highest BCUT2D eigenvalue weighted by atomic mass is 35.5. The predicted molar refractivity (Wildman–Crippen MR) is 124 cm³/mol. The van der Waals surface area contributed by atoms with Gasteiger partial charge >= 0.3 is 0 Å². The standard InChI is InChI=1S/C23H22Cl2N4O2/c1-13-9-15(11-20(30)29(3)4)10-14(2)21(13)28-23(31)22-26-8-7-19(27-22)17-12-16(24)5-6-18(17)25/h5-10,12H,11H2,1-4H3,(H,28,31). The maximum Gasteiger partial charge on any atom is 0.293 e. The van der Waals surface area contributed by atoms with Crippen molar-refractivity contribution >= 4 is 40.7 Å². The Kier molecular flexibility index (Phi) is 6.93. The van der Waals surface area contributed by atoms with Crippen LogP contribution in [0.25, 0.3) is 11.3 Å². The summed E-state index contributed by atoms with van der Waals surface area (Å²) < 4.78 is 0. The molecule has 0 atom stereocenters. The molecule has 6 nitrogen and oxygen atoms in total. The van der Waals surface area contributed by atoms with Gasteiger partial charge in [-0.15, -0.1) is 0 Å². The van der Waals surface area contributed by atoms with E-state index in [2.05, 4.69) is 15.3 Å². The summed E-state index contributed by atoms with van der Waals surface area (Å²) in [6.07, 6.45) is 1.80. The van der Waals surface area contributed by atoms with Crippen LogP contribution in [0.5, 0.6) is 0 Å². The van der Waals surface area contributed by atoms with Gasteiger partial charge in [0, 0.05) is 36.6 Å². The van der Waals surface area contributed by atoms with Crippen molar-refractivity contribution in [1.82, 2.24) is 14.9 Å². The fourth-order valence-electron chi connectivity index (χ4n) is 3.17. The van der Waals surface area contributed by atoms with Gasteiger partial charge in [0.05, 0.1) is 17.1 Å². The Balaban J connectivity index is 1.85. The van der Waals surface area contributed by atoms with Crippen molar-refractivity contribution in [2.75, 3.05) is 19.4 Å². The Morgan fingerprint density at radius 1 is 1.03 bits per heavy atom. The average molecular weight is 457 g/mol. The van der Waals surface area contributed by atoms with E-state index in [0.29, 0.717) is 33.4 Å². The van der Waals surface area contributed by atoms with Gasteiger partial charge in [0.25, 0.3) is 5.91 Å². The van der Waals surface area contributed by atoms with E-state index in [1.165, 1.54) is 6.20 Å². The maximum atomic E-state index is 12.8. The van der Waals surface area contributed by atoms with Crippen molar-refractivity contribution in [1.29, 1.82) is 0 Å². The normalized spacial score (nSPS) is 10.6. The van der Waals surface area contributed by atoms with Crippen LogP contribution in [-0.2, 0) is 11.2 Å². The summed E-state index contributed by atoms with van der Waals surface area (Å²) in [4.78, 5) is 34.9. The fourth-order valence-corrected chi connectivity index (χ4v) is 3.55. The molecule has 3 aromatic rings. The first-order valence-electron chi connectivity index (χ1n) is 9.56. The lowest BCUT2D eigenvalue weighted by Gasteiger charge is -2.15. The van der Waals surface area contributed by atoms with Gasteiger partial charge < -0.3 is 10.2 Å². The minimum atomic E-state index is -0.441. The minimum absolute atomic E-state index is 0.0132. The second kappa shape index (κ2) is 9.45. The molecule has 31 heavy (non-hydrogen) atoms. The molecule has 3 rings (SSSR count). The van der Waals surface area contributed by atoms with E-state index < -0.39 is 5.91 Å². The molecule has 160 valence electrons. The van der Waals surface area contributed by atoms with E-state index in [9.17, 15) is 9.59 Å². The van der Waals surface area contributed by atoms with Crippen LogP contribution >= 0.6 is 23.2 Å². The Bertz CT molecular complexity index is 1140. The molecule has 1 N–H and O–H groups in total. The minimum Gasteiger partial charge on any atom is -0.349 e. The number of hydrogen-bond donors (Lipinski definition) is 1. The van der Waals surface area contributed by atoms with E-state index in [1.54, 1.807) is 43.3 Å². The highest BCUT2D eigenvalue weighted by molar-refractivity contribution is 6.35. The summed E-state index contributed by atoms with van der Waals surface area (Å²) in [5.74, 6) is -0.414. The van der Waals surface area contributed by atoms with Gasteiger partial charge in [-0.25, -0.2) is 9.97 Å². The summed E-state index contributed by atoms with van der Waals surface area (Å²) in [6, 6.07) is 10.5. The van der Waals surface area contributed by atoms with E-state index in [4.69, 9.17) is 23.2 Å². The third kappa shape index (κ3) is 5.40. The van der Waals surface area contributed by atoms with Crippen LogP contribution in [0.2, 0.25) is 10.0 Å². The zero-order valence-corrected chi connectivity index (χ0v) is 19.2. The molecule has 2 aromatic carbocycles. The van der Waals surface area contributed by atoms with Crippen LogP contribution in [0, 0.1) is 13.8 Å². The van der Waals surface area contributed by atoms with Gasteiger partial charge in [0.15, 0.2) is 0 Å². The Morgan fingerprint density at radius 2 is 1.71 bits per heavy atom. The van der Waals surface area contributed by atoms with Gasteiger partial charge in [-0.3, -0.25) is 9.59 Å². The second-order valence-electron chi connectivity index (χ2n) is 7.41. The van der Waals surface area contributed by atoms with Crippen molar-refractivity contribution < 1.29 is 9.59 Å². The Hall–Kier alpha value is -2.96. The number of rotatable bonds is 5. The third-order valence-electron chi connectivity index (χ3n) is 4.75. The topological polar surface area (TPSA) is 75.2 Å². The maximum absolute atomic E-state index is 12.8. The van der Waals surface area contributed by atoms with E-state index >= 15 is 0 Å². The molecule has 2 amide bonds. The molecule has 0 saturated carbocycles. The summed E-state index contributed by atoms with van der Waals surface area (Å²) in [5.41, 5.74) is 4.38. The SMILES string of the molecule is Cc1cc(CC(=O)N(C)C)cc(C)c1NC(=O)c1nccc(-c2cc(Cl)ccc2Cl)n1. The Morgan fingerprint density at radius 3 is 2.35 bits per heavy atom. The first kappa shape index (κ1) is 22.7. The van der Waals surface area contributed by atoms with Crippen molar-refractivity contribution in [2.45, 2.75) is 20.3 Å². The van der Waals surface area contributed by atoms with Crippen molar-refractivity contribution in [3.63, 3.8) is 0 Å². The molecule has 1 aromatic heterocycles. The largest absolute Gasteiger partial charge is 0.349 e. The number of nitrogens with one attached hydrogen (secondary N) is 1. The number of likely N-dealkylation sites (N-methyl/N-ethyl adjacent to an activating group) is 1. The molecule has 0 aliphatic carbocycles. The number of halogens is 2. The number of amides is 2. The molecule has 0 bridgehead atoms. The number of carbonyl (C=O) groups is 2. The predicted octanol–water partition coefficient (Wildman–Crippen LogP) is 4.95. The molecule has 0 aliphatic rings. The Labute approximate surface area is 191 Å². The van der Waals surface area contributed by atoms with Gasteiger partial charge in [-0.05, 0) is 54.8 Å². The molecular weight excluding hydrogens is 435 g/mol. The van der Waals surface area contributed by atoms with Crippen LogP contribution < -0.4 is 5.32 Å². The number of aromatic nitrogens is 2. The zero-order valence-electron chi connectivity index (χ0n) is 17.7. The zero-order chi connectivity index (χ0) is 22.7.